The van der Waals surface area contributed by atoms with Gasteiger partial charge >= 0.3 is 0 Å². The van der Waals surface area contributed by atoms with Gasteiger partial charge in [-0.15, -0.1) is 10.2 Å². The molecule has 0 unspecified atom stereocenters. The van der Waals surface area contributed by atoms with Gasteiger partial charge in [-0.25, -0.2) is 4.39 Å². The van der Waals surface area contributed by atoms with Crippen molar-refractivity contribution in [3.63, 3.8) is 0 Å². The zero-order valence-corrected chi connectivity index (χ0v) is 15.2. The summed E-state index contributed by atoms with van der Waals surface area (Å²) >= 11 is 1.49. The van der Waals surface area contributed by atoms with E-state index in [1.807, 2.05) is 10.8 Å². The molecule has 1 amide bonds. The number of aromatic nitrogens is 3. The van der Waals surface area contributed by atoms with Crippen LogP contribution in [0.1, 0.15) is 37.9 Å². The second-order valence-electron chi connectivity index (χ2n) is 6.29. The zero-order chi connectivity index (χ0) is 17.6. The Morgan fingerprint density at radius 1 is 1.24 bits per heavy atom. The van der Waals surface area contributed by atoms with Crippen molar-refractivity contribution in [1.82, 2.24) is 20.1 Å². The second kappa shape index (κ2) is 8.47. The van der Waals surface area contributed by atoms with Crippen molar-refractivity contribution in [3.8, 4) is 5.69 Å². The number of benzene rings is 1. The Kier molecular flexibility index (Phi) is 6.07. The molecule has 1 saturated carbocycles. The summed E-state index contributed by atoms with van der Waals surface area (Å²) in [7, 11) is 0. The van der Waals surface area contributed by atoms with Crippen LogP contribution in [0.5, 0.6) is 0 Å². The van der Waals surface area contributed by atoms with E-state index in [0.29, 0.717) is 13.0 Å². The summed E-state index contributed by atoms with van der Waals surface area (Å²) in [5.41, 5.74) is 0.823. The van der Waals surface area contributed by atoms with E-state index < -0.39 is 0 Å². The minimum absolute atomic E-state index is 0.151. The van der Waals surface area contributed by atoms with E-state index in [9.17, 15) is 9.18 Å². The van der Waals surface area contributed by atoms with E-state index in [1.165, 1.54) is 30.3 Å². The van der Waals surface area contributed by atoms with Gasteiger partial charge in [0.05, 0.1) is 0 Å². The first-order chi connectivity index (χ1) is 12.2. The van der Waals surface area contributed by atoms with Gasteiger partial charge in [-0.2, -0.15) is 0 Å². The molecule has 2 aromatic rings. The van der Waals surface area contributed by atoms with Crippen LogP contribution in [0.25, 0.3) is 5.69 Å². The first-order valence-corrected chi connectivity index (χ1v) is 9.93. The lowest BCUT2D eigenvalue weighted by Gasteiger charge is -2.20. The standard InChI is InChI=1S/C18H23FN4OS/c1-25-18-22-21-16(23(18)15-9-7-14(19)8-10-15)11-12-20-17(24)13-5-3-2-4-6-13/h7-10,13H,2-6,11-12H2,1H3,(H,20,24). The molecule has 1 aromatic heterocycles. The van der Waals surface area contributed by atoms with Gasteiger partial charge in [0.15, 0.2) is 5.16 Å². The third-order valence-electron chi connectivity index (χ3n) is 4.59. The molecule has 0 aliphatic heterocycles. The molecule has 0 spiro atoms. The van der Waals surface area contributed by atoms with Gasteiger partial charge in [0, 0.05) is 24.6 Å². The van der Waals surface area contributed by atoms with Crippen LogP contribution in [0.2, 0.25) is 0 Å². The molecular formula is C18H23FN4OS. The fourth-order valence-corrected chi connectivity index (χ4v) is 3.77. The Morgan fingerprint density at radius 3 is 2.64 bits per heavy atom. The molecule has 1 aromatic carbocycles. The molecule has 1 aliphatic carbocycles. The molecule has 1 N–H and O–H groups in total. The summed E-state index contributed by atoms with van der Waals surface area (Å²) in [6.45, 7) is 0.531. The summed E-state index contributed by atoms with van der Waals surface area (Å²) in [4.78, 5) is 12.2. The zero-order valence-electron chi connectivity index (χ0n) is 14.4. The Morgan fingerprint density at radius 2 is 1.96 bits per heavy atom. The summed E-state index contributed by atoms with van der Waals surface area (Å²) < 4.78 is 15.1. The van der Waals surface area contributed by atoms with Gasteiger partial charge in [0.1, 0.15) is 11.6 Å². The number of nitrogens with zero attached hydrogens (tertiary/aromatic N) is 3. The van der Waals surface area contributed by atoms with Crippen LogP contribution >= 0.6 is 11.8 Å². The molecule has 25 heavy (non-hydrogen) atoms. The van der Waals surface area contributed by atoms with Crippen molar-refractivity contribution in [3.05, 3.63) is 35.9 Å². The van der Waals surface area contributed by atoms with Crippen molar-refractivity contribution in [2.45, 2.75) is 43.7 Å². The van der Waals surface area contributed by atoms with Crippen LogP contribution in [0.15, 0.2) is 29.4 Å². The normalized spacial score (nSPS) is 15.3. The van der Waals surface area contributed by atoms with Crippen molar-refractivity contribution >= 4 is 17.7 Å². The average molecular weight is 362 g/mol. The number of rotatable bonds is 6. The molecule has 0 bridgehead atoms. The molecule has 1 fully saturated rings. The minimum atomic E-state index is -0.274. The molecule has 0 atom stereocenters. The quantitative estimate of drug-likeness (QED) is 0.801. The molecule has 134 valence electrons. The molecule has 1 aliphatic rings. The molecular weight excluding hydrogens is 339 g/mol. The van der Waals surface area contributed by atoms with Gasteiger partial charge in [0.25, 0.3) is 0 Å². The van der Waals surface area contributed by atoms with Crippen LogP contribution in [-0.4, -0.2) is 33.5 Å². The average Bonchev–Trinajstić information content (AvgIpc) is 3.06. The Labute approximate surface area is 151 Å². The lowest BCUT2D eigenvalue weighted by Crippen LogP contribution is -2.33. The summed E-state index contributed by atoms with van der Waals surface area (Å²) in [6.07, 6.45) is 8.04. The fraction of sp³-hybridized carbons (Fsp3) is 0.500. The van der Waals surface area contributed by atoms with Gasteiger partial charge in [-0.3, -0.25) is 9.36 Å². The van der Waals surface area contributed by atoms with Crippen LogP contribution in [0.3, 0.4) is 0 Å². The maximum atomic E-state index is 13.2. The Balaban J connectivity index is 1.65. The van der Waals surface area contributed by atoms with Gasteiger partial charge in [-0.1, -0.05) is 31.0 Å². The van der Waals surface area contributed by atoms with Crippen molar-refractivity contribution in [1.29, 1.82) is 0 Å². The highest BCUT2D eigenvalue weighted by atomic mass is 32.2. The molecule has 0 saturated heterocycles. The van der Waals surface area contributed by atoms with E-state index >= 15 is 0 Å². The highest BCUT2D eigenvalue weighted by molar-refractivity contribution is 7.98. The van der Waals surface area contributed by atoms with Gasteiger partial charge in [-0.05, 0) is 43.4 Å². The van der Waals surface area contributed by atoms with E-state index in [-0.39, 0.29) is 17.6 Å². The SMILES string of the molecule is CSc1nnc(CCNC(=O)C2CCCCC2)n1-c1ccc(F)cc1. The maximum Gasteiger partial charge on any atom is 0.223 e. The van der Waals surface area contributed by atoms with E-state index in [0.717, 1.165) is 42.4 Å². The number of halogens is 1. The summed E-state index contributed by atoms with van der Waals surface area (Å²) in [5.74, 6) is 0.798. The van der Waals surface area contributed by atoms with Gasteiger partial charge < -0.3 is 5.32 Å². The number of nitrogens with one attached hydrogen (secondary N) is 1. The Hall–Kier alpha value is -1.89. The molecule has 7 heteroatoms. The number of hydrogen-bond donors (Lipinski definition) is 1. The van der Waals surface area contributed by atoms with Crippen LogP contribution in [0.4, 0.5) is 4.39 Å². The fourth-order valence-electron chi connectivity index (χ4n) is 3.25. The maximum absolute atomic E-state index is 13.2. The number of carbonyl (C=O) groups excluding carboxylic acids is 1. The summed E-state index contributed by atoms with van der Waals surface area (Å²) in [6, 6.07) is 6.27. The highest BCUT2D eigenvalue weighted by Crippen LogP contribution is 2.24. The number of amides is 1. The van der Waals surface area contributed by atoms with E-state index in [1.54, 1.807) is 12.1 Å². The first-order valence-electron chi connectivity index (χ1n) is 8.71. The summed E-state index contributed by atoms with van der Waals surface area (Å²) in [5, 5.41) is 12.2. The van der Waals surface area contributed by atoms with Crippen molar-refractivity contribution in [2.75, 3.05) is 12.8 Å². The second-order valence-corrected chi connectivity index (χ2v) is 7.06. The third kappa shape index (κ3) is 4.39. The predicted molar refractivity (Wildman–Crippen MR) is 96.4 cm³/mol. The molecule has 5 nitrogen and oxygen atoms in total. The lowest BCUT2D eigenvalue weighted by molar-refractivity contribution is -0.125. The monoisotopic (exact) mass is 362 g/mol. The number of thioether (sulfide) groups is 1. The third-order valence-corrected chi connectivity index (χ3v) is 5.22. The largest absolute Gasteiger partial charge is 0.355 e. The molecule has 0 radical (unpaired) electrons. The Bertz CT molecular complexity index is 710. The highest BCUT2D eigenvalue weighted by Gasteiger charge is 2.21. The van der Waals surface area contributed by atoms with Gasteiger partial charge in [0.2, 0.25) is 5.91 Å². The van der Waals surface area contributed by atoms with Crippen molar-refractivity contribution < 1.29 is 9.18 Å². The van der Waals surface area contributed by atoms with E-state index in [2.05, 4.69) is 15.5 Å². The molecule has 3 rings (SSSR count). The van der Waals surface area contributed by atoms with Crippen molar-refractivity contribution in [2.24, 2.45) is 5.92 Å². The first kappa shape index (κ1) is 17.9. The number of carbonyl (C=O) groups is 1. The number of hydrogen-bond acceptors (Lipinski definition) is 4. The smallest absolute Gasteiger partial charge is 0.223 e. The van der Waals surface area contributed by atoms with Crippen LogP contribution in [0, 0.1) is 11.7 Å². The van der Waals surface area contributed by atoms with E-state index in [4.69, 9.17) is 0 Å². The lowest BCUT2D eigenvalue weighted by atomic mass is 9.89. The molecule has 1 heterocycles. The van der Waals surface area contributed by atoms with Crippen LogP contribution in [-0.2, 0) is 11.2 Å². The minimum Gasteiger partial charge on any atom is -0.355 e. The van der Waals surface area contributed by atoms with Crippen LogP contribution < -0.4 is 5.32 Å². The predicted octanol–water partition coefficient (Wildman–Crippen LogP) is 3.37. The topological polar surface area (TPSA) is 59.8 Å².